The Bertz CT molecular complexity index is 203. The third-order valence-electron chi connectivity index (χ3n) is 1.16. The lowest BCUT2D eigenvalue weighted by atomic mass is 10.4. The first-order chi connectivity index (χ1) is 4.61. The van der Waals surface area contributed by atoms with Gasteiger partial charge in [-0.25, -0.2) is 0 Å². The van der Waals surface area contributed by atoms with Gasteiger partial charge in [-0.3, -0.25) is 0 Å². The van der Waals surface area contributed by atoms with Crippen LogP contribution in [0.3, 0.4) is 0 Å². The maximum Gasteiger partial charge on any atom is 0.0823 e. The molecule has 0 aromatic heterocycles. The summed E-state index contributed by atoms with van der Waals surface area (Å²) in [5, 5.41) is 0. The van der Waals surface area contributed by atoms with Crippen molar-refractivity contribution < 1.29 is 7.77 Å². The summed E-state index contributed by atoms with van der Waals surface area (Å²) < 4.78 is 25.1. The molecule has 0 aliphatic rings. The van der Waals surface area contributed by atoms with Crippen LogP contribution in [-0.4, -0.2) is 6.26 Å². The van der Waals surface area contributed by atoms with E-state index in [9.17, 15) is 7.77 Å². The van der Waals surface area contributed by atoms with Crippen LogP contribution in [0.5, 0.6) is 0 Å². The molecular formula is C7H8F2S. The molecule has 0 spiro atoms. The molecule has 3 heteroatoms. The van der Waals surface area contributed by atoms with Crippen LogP contribution < -0.4 is 0 Å². The largest absolute Gasteiger partial charge is 0.153 e. The van der Waals surface area contributed by atoms with Gasteiger partial charge in [0, 0.05) is 11.2 Å². The van der Waals surface area contributed by atoms with E-state index in [0.717, 1.165) is 6.26 Å². The van der Waals surface area contributed by atoms with E-state index in [1.807, 2.05) is 0 Å². The van der Waals surface area contributed by atoms with Gasteiger partial charge in [-0.15, -0.1) is 0 Å². The first kappa shape index (κ1) is 7.54. The van der Waals surface area contributed by atoms with Gasteiger partial charge in [0.1, 0.15) is 0 Å². The number of hydrogen-bond donors (Lipinski definition) is 0. The van der Waals surface area contributed by atoms with Crippen LogP contribution in [0.2, 0.25) is 0 Å². The Kier molecular flexibility index (Phi) is 1.94. The van der Waals surface area contributed by atoms with Crippen LogP contribution in [0.1, 0.15) is 0 Å². The first-order valence-corrected chi connectivity index (χ1v) is 4.67. The summed E-state index contributed by atoms with van der Waals surface area (Å²) >= 11 is 0. The van der Waals surface area contributed by atoms with Gasteiger partial charge in [0.05, 0.1) is 10.8 Å². The molecule has 1 aromatic rings. The molecule has 0 radical (unpaired) electrons. The first-order valence-electron chi connectivity index (χ1n) is 2.83. The fourth-order valence-corrected chi connectivity index (χ4v) is 1.29. The fourth-order valence-electron chi connectivity index (χ4n) is 0.659. The van der Waals surface area contributed by atoms with Crippen LogP contribution >= 0.6 is 10.8 Å². The topological polar surface area (TPSA) is 0 Å². The van der Waals surface area contributed by atoms with E-state index in [2.05, 4.69) is 0 Å². The Hall–Kier alpha value is -0.570. The lowest BCUT2D eigenvalue weighted by molar-refractivity contribution is 0.752. The molecule has 0 aliphatic carbocycles. The molecule has 1 aromatic carbocycles. The maximum absolute atomic E-state index is 12.5. The highest BCUT2D eigenvalue weighted by Gasteiger charge is 2.16. The fraction of sp³-hybridized carbons (Fsp3) is 0.143. The predicted octanol–water partition coefficient (Wildman–Crippen LogP) is 3.25. The molecule has 0 atom stereocenters. The van der Waals surface area contributed by atoms with Crippen LogP contribution in [-0.2, 0) is 0 Å². The molecule has 56 valence electrons. The van der Waals surface area contributed by atoms with E-state index in [1.54, 1.807) is 18.2 Å². The highest BCUT2D eigenvalue weighted by atomic mass is 32.3. The zero-order valence-electron chi connectivity index (χ0n) is 5.55. The zero-order valence-corrected chi connectivity index (χ0v) is 6.37. The van der Waals surface area contributed by atoms with Crippen molar-refractivity contribution in [2.75, 3.05) is 6.26 Å². The third-order valence-corrected chi connectivity index (χ3v) is 2.26. The van der Waals surface area contributed by atoms with E-state index in [-0.39, 0.29) is 4.90 Å². The molecule has 0 N–H and O–H groups in total. The van der Waals surface area contributed by atoms with Crippen molar-refractivity contribution in [2.45, 2.75) is 4.90 Å². The molecule has 10 heavy (non-hydrogen) atoms. The zero-order chi connectivity index (χ0) is 7.61. The number of benzene rings is 1. The van der Waals surface area contributed by atoms with Crippen molar-refractivity contribution >= 4 is 10.8 Å². The van der Waals surface area contributed by atoms with Crippen molar-refractivity contribution in [2.24, 2.45) is 0 Å². The van der Waals surface area contributed by atoms with E-state index in [1.165, 1.54) is 12.1 Å². The van der Waals surface area contributed by atoms with Gasteiger partial charge in [-0.1, -0.05) is 18.2 Å². The van der Waals surface area contributed by atoms with E-state index in [4.69, 9.17) is 0 Å². The minimum absolute atomic E-state index is 0.148. The predicted molar refractivity (Wildman–Crippen MR) is 40.4 cm³/mol. The Morgan fingerprint density at radius 2 is 1.60 bits per heavy atom. The summed E-state index contributed by atoms with van der Waals surface area (Å²) in [4.78, 5) is 0.148. The van der Waals surface area contributed by atoms with Crippen LogP contribution in [0.15, 0.2) is 35.2 Å². The number of halogens is 2. The molecule has 0 nitrogen and oxygen atoms in total. The molecule has 0 fully saturated rings. The van der Waals surface area contributed by atoms with Gasteiger partial charge in [0.25, 0.3) is 0 Å². The van der Waals surface area contributed by atoms with Crippen molar-refractivity contribution in [1.82, 2.24) is 0 Å². The summed E-state index contributed by atoms with van der Waals surface area (Å²) in [6.07, 6.45) is 0.975. The number of hydrogen-bond acceptors (Lipinski definition) is 0. The van der Waals surface area contributed by atoms with Crippen molar-refractivity contribution in [3.63, 3.8) is 0 Å². The smallest absolute Gasteiger partial charge is 0.0823 e. The highest BCUT2D eigenvalue weighted by molar-refractivity contribution is 8.24. The molecule has 1 rings (SSSR count). The molecule has 0 saturated carbocycles. The van der Waals surface area contributed by atoms with Crippen molar-refractivity contribution in [3.8, 4) is 0 Å². The van der Waals surface area contributed by atoms with E-state index >= 15 is 0 Å². The molecular weight excluding hydrogens is 154 g/mol. The van der Waals surface area contributed by atoms with Crippen LogP contribution in [0.4, 0.5) is 7.77 Å². The Labute approximate surface area is 60.8 Å². The molecule has 0 bridgehead atoms. The second-order valence-corrected chi connectivity index (χ2v) is 3.96. The monoisotopic (exact) mass is 162 g/mol. The van der Waals surface area contributed by atoms with Gasteiger partial charge < -0.3 is 0 Å². The minimum atomic E-state index is -3.50. The second-order valence-electron chi connectivity index (χ2n) is 2.04. The summed E-state index contributed by atoms with van der Waals surface area (Å²) in [5.41, 5.74) is 0. The van der Waals surface area contributed by atoms with Crippen molar-refractivity contribution in [3.05, 3.63) is 30.3 Å². The quantitative estimate of drug-likeness (QED) is 0.594. The lowest BCUT2D eigenvalue weighted by Crippen LogP contribution is -1.80. The molecule has 0 saturated heterocycles. The lowest BCUT2D eigenvalue weighted by Gasteiger charge is -2.13. The van der Waals surface area contributed by atoms with E-state index < -0.39 is 10.8 Å². The normalized spacial score (nSPS) is 13.1. The Morgan fingerprint density at radius 3 is 1.90 bits per heavy atom. The van der Waals surface area contributed by atoms with Gasteiger partial charge in [0.15, 0.2) is 0 Å². The molecule has 0 heterocycles. The number of rotatable bonds is 1. The third kappa shape index (κ3) is 1.70. The molecule has 0 aliphatic heterocycles. The summed E-state index contributed by atoms with van der Waals surface area (Å²) in [6, 6.07) is 7.89. The maximum atomic E-state index is 12.5. The summed E-state index contributed by atoms with van der Waals surface area (Å²) in [7, 11) is -3.50. The van der Waals surface area contributed by atoms with Gasteiger partial charge in [-0.2, -0.15) is 7.77 Å². The van der Waals surface area contributed by atoms with Crippen LogP contribution in [0, 0.1) is 0 Å². The average Bonchev–Trinajstić information content (AvgIpc) is 1.88. The Balaban J connectivity index is 2.97. The summed E-state index contributed by atoms with van der Waals surface area (Å²) in [5.74, 6) is 0. The SMILES string of the molecule is CS(F)(F)c1ccccc1. The second kappa shape index (κ2) is 2.58. The van der Waals surface area contributed by atoms with Gasteiger partial charge >= 0.3 is 0 Å². The van der Waals surface area contributed by atoms with Crippen LogP contribution in [0.25, 0.3) is 0 Å². The van der Waals surface area contributed by atoms with Gasteiger partial charge in [-0.05, 0) is 12.1 Å². The minimum Gasteiger partial charge on any atom is -0.153 e. The summed E-state index contributed by atoms with van der Waals surface area (Å²) in [6.45, 7) is 0. The Morgan fingerprint density at radius 1 is 1.10 bits per heavy atom. The van der Waals surface area contributed by atoms with E-state index in [0.29, 0.717) is 0 Å². The van der Waals surface area contributed by atoms with Crippen molar-refractivity contribution in [1.29, 1.82) is 0 Å². The molecule has 0 unspecified atom stereocenters. The molecule has 0 amide bonds. The van der Waals surface area contributed by atoms with Gasteiger partial charge in [0.2, 0.25) is 0 Å². The average molecular weight is 162 g/mol. The standard InChI is InChI=1S/C7H8F2S/c1-10(8,9)7-5-3-2-4-6-7/h2-6H,1H3. The highest BCUT2D eigenvalue weighted by Crippen LogP contribution is 2.55.